The lowest BCUT2D eigenvalue weighted by atomic mass is 9.94. The van der Waals surface area contributed by atoms with E-state index in [1.54, 1.807) is 0 Å². The fourth-order valence-electron chi connectivity index (χ4n) is 2.91. The molecular weight excluding hydrogens is 301 g/mol. The fraction of sp³-hybridized carbons (Fsp3) is 0.500. The minimum atomic E-state index is -4.36. The first-order chi connectivity index (χ1) is 9.73. The Labute approximate surface area is 124 Å². The second-order valence-electron chi connectivity index (χ2n) is 5.62. The maximum absolute atomic E-state index is 12.8. The van der Waals surface area contributed by atoms with Crippen molar-refractivity contribution in [1.29, 1.82) is 0 Å². The molecule has 3 nitrogen and oxygen atoms in total. The summed E-state index contributed by atoms with van der Waals surface area (Å²) in [7, 11) is 0. The van der Waals surface area contributed by atoms with Crippen LogP contribution in [0.3, 0.4) is 0 Å². The highest BCUT2D eigenvalue weighted by atomic mass is 32.1. The summed E-state index contributed by atoms with van der Waals surface area (Å²) in [5.74, 6) is 0. The van der Waals surface area contributed by atoms with Crippen molar-refractivity contribution < 1.29 is 17.9 Å². The number of rotatable bonds is 1. The number of nitrogens with one attached hydrogen (secondary N) is 1. The van der Waals surface area contributed by atoms with Crippen molar-refractivity contribution in [3.05, 3.63) is 28.5 Å². The van der Waals surface area contributed by atoms with Crippen LogP contribution in [0.5, 0.6) is 0 Å². The SMILES string of the molecule is CC1OCCC1(C)n1c(=S)[nH]c2cc(C(F)(F)F)ccc21. The molecule has 1 aromatic carbocycles. The lowest BCUT2D eigenvalue weighted by molar-refractivity contribution is -0.137. The van der Waals surface area contributed by atoms with Crippen LogP contribution in [-0.4, -0.2) is 22.3 Å². The molecule has 1 aliphatic rings. The van der Waals surface area contributed by atoms with Gasteiger partial charge in [-0.3, -0.25) is 0 Å². The van der Waals surface area contributed by atoms with E-state index in [1.807, 2.05) is 18.4 Å². The minimum absolute atomic E-state index is 0.0505. The summed E-state index contributed by atoms with van der Waals surface area (Å²) >= 11 is 5.32. The smallest absolute Gasteiger partial charge is 0.376 e. The number of imidazole rings is 1. The Bertz CT molecular complexity index is 749. The molecule has 1 aromatic heterocycles. The Morgan fingerprint density at radius 3 is 2.71 bits per heavy atom. The van der Waals surface area contributed by atoms with Crippen molar-refractivity contribution in [3.63, 3.8) is 0 Å². The molecule has 0 spiro atoms. The molecule has 2 unspecified atom stereocenters. The summed E-state index contributed by atoms with van der Waals surface area (Å²) in [5.41, 5.74) is 0.0389. The van der Waals surface area contributed by atoms with E-state index in [-0.39, 0.29) is 11.6 Å². The van der Waals surface area contributed by atoms with Crippen LogP contribution in [0.1, 0.15) is 25.8 Å². The highest BCUT2D eigenvalue weighted by Crippen LogP contribution is 2.37. The Balaban J connectivity index is 2.22. The maximum Gasteiger partial charge on any atom is 0.416 e. The number of ether oxygens (including phenoxy) is 1. The summed E-state index contributed by atoms with van der Waals surface area (Å²) in [5, 5.41) is 0. The number of hydrogen-bond donors (Lipinski definition) is 1. The van der Waals surface area contributed by atoms with Gasteiger partial charge in [-0.15, -0.1) is 0 Å². The average Bonchev–Trinajstić information content (AvgIpc) is 2.88. The lowest BCUT2D eigenvalue weighted by Gasteiger charge is -2.30. The molecule has 0 radical (unpaired) electrons. The molecule has 1 N–H and O–H groups in total. The standard InChI is InChI=1S/C14H15F3N2OS/c1-8-13(2,5-6-20-8)19-11-4-3-9(14(15,16)17)7-10(11)18-12(19)21/h3-4,7-8H,5-6H2,1-2H3,(H,18,21). The number of nitrogens with zero attached hydrogens (tertiary/aromatic N) is 1. The van der Waals surface area contributed by atoms with Crippen LogP contribution in [0.15, 0.2) is 18.2 Å². The molecule has 1 saturated heterocycles. The summed E-state index contributed by atoms with van der Waals surface area (Å²) in [6, 6.07) is 3.66. The number of H-pyrrole nitrogens is 1. The molecule has 7 heteroatoms. The molecule has 1 aliphatic heterocycles. The number of benzene rings is 1. The van der Waals surface area contributed by atoms with Gasteiger partial charge in [0.05, 0.1) is 28.2 Å². The molecule has 2 aromatic rings. The molecule has 114 valence electrons. The van der Waals surface area contributed by atoms with Gasteiger partial charge in [0.2, 0.25) is 0 Å². The van der Waals surface area contributed by atoms with E-state index in [0.717, 1.165) is 18.6 Å². The quantitative estimate of drug-likeness (QED) is 0.798. The van der Waals surface area contributed by atoms with E-state index in [0.29, 0.717) is 22.4 Å². The zero-order valence-electron chi connectivity index (χ0n) is 11.6. The van der Waals surface area contributed by atoms with Crippen LogP contribution >= 0.6 is 12.2 Å². The molecule has 1 fully saturated rings. The Kier molecular flexibility index (Phi) is 3.18. The van der Waals surface area contributed by atoms with Crippen LogP contribution in [0, 0.1) is 4.77 Å². The minimum Gasteiger partial charge on any atom is -0.376 e. The van der Waals surface area contributed by atoms with Gasteiger partial charge in [0.15, 0.2) is 4.77 Å². The van der Waals surface area contributed by atoms with E-state index >= 15 is 0 Å². The molecule has 3 rings (SSSR count). The predicted octanol–water partition coefficient (Wildman–Crippen LogP) is 4.24. The maximum atomic E-state index is 12.8. The van der Waals surface area contributed by atoms with Gasteiger partial charge in [-0.25, -0.2) is 0 Å². The Morgan fingerprint density at radius 2 is 2.14 bits per heavy atom. The largest absolute Gasteiger partial charge is 0.416 e. The molecule has 0 aliphatic carbocycles. The molecule has 0 saturated carbocycles. The third-order valence-electron chi connectivity index (χ3n) is 4.37. The van der Waals surface area contributed by atoms with Crippen molar-refractivity contribution in [2.75, 3.05) is 6.61 Å². The van der Waals surface area contributed by atoms with E-state index in [2.05, 4.69) is 4.98 Å². The van der Waals surface area contributed by atoms with Gasteiger partial charge in [-0.1, -0.05) is 0 Å². The first kappa shape index (κ1) is 14.6. The molecule has 0 bridgehead atoms. The van der Waals surface area contributed by atoms with Gasteiger partial charge < -0.3 is 14.3 Å². The number of alkyl halides is 3. The van der Waals surface area contributed by atoms with E-state index in [9.17, 15) is 13.2 Å². The van der Waals surface area contributed by atoms with Crippen molar-refractivity contribution in [2.45, 2.75) is 38.1 Å². The lowest BCUT2D eigenvalue weighted by Crippen LogP contribution is -2.36. The summed E-state index contributed by atoms with van der Waals surface area (Å²) < 4.78 is 46.3. The van der Waals surface area contributed by atoms with E-state index < -0.39 is 11.7 Å². The summed E-state index contributed by atoms with van der Waals surface area (Å²) in [4.78, 5) is 2.88. The third-order valence-corrected chi connectivity index (χ3v) is 4.66. The van der Waals surface area contributed by atoms with Crippen molar-refractivity contribution in [2.24, 2.45) is 0 Å². The monoisotopic (exact) mass is 316 g/mol. The van der Waals surface area contributed by atoms with Gasteiger partial charge in [0.1, 0.15) is 0 Å². The third kappa shape index (κ3) is 2.19. The second-order valence-corrected chi connectivity index (χ2v) is 6.00. The Hall–Kier alpha value is -1.34. The summed E-state index contributed by atoms with van der Waals surface area (Å²) in [6.07, 6.45) is -3.64. The van der Waals surface area contributed by atoms with E-state index in [1.165, 1.54) is 6.07 Å². The van der Waals surface area contributed by atoms with Crippen LogP contribution in [-0.2, 0) is 16.5 Å². The van der Waals surface area contributed by atoms with Crippen LogP contribution in [0.2, 0.25) is 0 Å². The normalized spacial score (nSPS) is 26.6. The number of halogens is 3. The molecule has 21 heavy (non-hydrogen) atoms. The number of aromatic amines is 1. The van der Waals surface area contributed by atoms with Gasteiger partial charge >= 0.3 is 6.18 Å². The highest BCUT2D eigenvalue weighted by Gasteiger charge is 2.40. The van der Waals surface area contributed by atoms with Crippen LogP contribution in [0.4, 0.5) is 13.2 Å². The molecule has 0 amide bonds. The zero-order chi connectivity index (χ0) is 15.4. The topological polar surface area (TPSA) is 29.9 Å². The fourth-order valence-corrected chi connectivity index (χ4v) is 3.33. The second kappa shape index (κ2) is 4.58. The first-order valence-corrected chi connectivity index (χ1v) is 7.08. The van der Waals surface area contributed by atoms with Gasteiger partial charge in [0.25, 0.3) is 0 Å². The molecular formula is C14H15F3N2OS. The number of hydrogen-bond acceptors (Lipinski definition) is 2. The zero-order valence-corrected chi connectivity index (χ0v) is 12.4. The van der Waals surface area contributed by atoms with E-state index in [4.69, 9.17) is 17.0 Å². The predicted molar refractivity (Wildman–Crippen MR) is 75.8 cm³/mol. The van der Waals surface area contributed by atoms with Gasteiger partial charge in [-0.2, -0.15) is 13.2 Å². The van der Waals surface area contributed by atoms with Crippen molar-refractivity contribution in [1.82, 2.24) is 9.55 Å². The number of aromatic nitrogens is 2. The number of fused-ring (bicyclic) bond motifs is 1. The van der Waals surface area contributed by atoms with Crippen molar-refractivity contribution in [3.8, 4) is 0 Å². The van der Waals surface area contributed by atoms with Crippen molar-refractivity contribution >= 4 is 23.3 Å². The average molecular weight is 316 g/mol. The molecule has 2 heterocycles. The van der Waals surface area contributed by atoms with Crippen LogP contribution < -0.4 is 0 Å². The van der Waals surface area contributed by atoms with Gasteiger partial charge in [-0.05, 0) is 50.7 Å². The summed E-state index contributed by atoms with van der Waals surface area (Å²) in [6.45, 7) is 4.59. The Morgan fingerprint density at radius 1 is 1.43 bits per heavy atom. The van der Waals surface area contributed by atoms with Crippen LogP contribution in [0.25, 0.3) is 11.0 Å². The van der Waals surface area contributed by atoms with Gasteiger partial charge in [0, 0.05) is 6.61 Å². The highest BCUT2D eigenvalue weighted by molar-refractivity contribution is 7.71. The molecule has 2 atom stereocenters. The first-order valence-electron chi connectivity index (χ1n) is 6.67.